The lowest BCUT2D eigenvalue weighted by atomic mass is 10.1. The van der Waals surface area contributed by atoms with Gasteiger partial charge in [-0.15, -0.1) is 24.0 Å². The first-order chi connectivity index (χ1) is 10.8. The fourth-order valence-corrected chi connectivity index (χ4v) is 2.64. The Morgan fingerprint density at radius 2 is 2.00 bits per heavy atom. The van der Waals surface area contributed by atoms with E-state index >= 15 is 0 Å². The average Bonchev–Trinajstić information content (AvgIpc) is 3.18. The monoisotopic (exact) mass is 429 g/mol. The second-order valence-electron chi connectivity index (χ2n) is 5.48. The van der Waals surface area contributed by atoms with Crippen LogP contribution in [0, 0.1) is 0 Å². The Balaban J connectivity index is 0.00000192. The van der Waals surface area contributed by atoms with E-state index in [1.807, 2.05) is 12.1 Å². The average molecular weight is 429 g/mol. The number of hydrogen-bond donors (Lipinski definition) is 2. The largest absolute Gasteiger partial charge is 0.454 e. The molecule has 126 valence electrons. The Morgan fingerprint density at radius 1 is 1.22 bits per heavy atom. The van der Waals surface area contributed by atoms with Gasteiger partial charge in [0.15, 0.2) is 17.5 Å². The number of guanidine groups is 1. The molecule has 0 bridgehead atoms. The van der Waals surface area contributed by atoms with Crippen LogP contribution in [0.2, 0.25) is 0 Å². The number of nitrogens with one attached hydrogen (secondary N) is 2. The van der Waals surface area contributed by atoms with Crippen molar-refractivity contribution in [3.63, 3.8) is 0 Å². The van der Waals surface area contributed by atoms with Crippen LogP contribution < -0.4 is 20.1 Å². The van der Waals surface area contributed by atoms with Gasteiger partial charge in [-0.25, -0.2) is 0 Å². The van der Waals surface area contributed by atoms with Gasteiger partial charge in [-0.05, 0) is 43.9 Å². The zero-order chi connectivity index (χ0) is 15.2. The molecule has 0 aromatic heterocycles. The molecule has 5 nitrogen and oxygen atoms in total. The maximum Gasteiger partial charge on any atom is 0.231 e. The predicted octanol–water partition coefficient (Wildman–Crippen LogP) is 2.85. The maximum absolute atomic E-state index is 5.40. The van der Waals surface area contributed by atoms with Gasteiger partial charge in [-0.3, -0.25) is 4.99 Å². The molecule has 0 spiro atoms. The molecule has 2 aliphatic rings. The molecule has 2 N–H and O–H groups in total. The Morgan fingerprint density at radius 3 is 2.78 bits per heavy atom. The highest BCUT2D eigenvalue weighted by Crippen LogP contribution is 2.32. The fourth-order valence-electron chi connectivity index (χ4n) is 2.64. The maximum atomic E-state index is 5.40. The molecule has 1 aromatic carbocycles. The van der Waals surface area contributed by atoms with Crippen molar-refractivity contribution in [2.45, 2.75) is 32.2 Å². The molecule has 1 aromatic rings. The van der Waals surface area contributed by atoms with Gasteiger partial charge in [-0.1, -0.05) is 18.2 Å². The van der Waals surface area contributed by atoms with E-state index in [-0.39, 0.29) is 24.0 Å². The topological polar surface area (TPSA) is 54.9 Å². The van der Waals surface area contributed by atoms with Crippen molar-refractivity contribution in [1.82, 2.24) is 10.6 Å². The molecule has 1 heterocycles. The molecule has 0 saturated heterocycles. The first-order valence-corrected chi connectivity index (χ1v) is 7.93. The second kappa shape index (κ2) is 9.00. The third-order valence-electron chi connectivity index (χ3n) is 3.80. The van der Waals surface area contributed by atoms with Gasteiger partial charge in [0, 0.05) is 19.1 Å². The van der Waals surface area contributed by atoms with E-state index in [0.717, 1.165) is 49.8 Å². The van der Waals surface area contributed by atoms with Crippen molar-refractivity contribution in [3.05, 3.63) is 35.9 Å². The summed E-state index contributed by atoms with van der Waals surface area (Å²) in [4.78, 5) is 4.66. The number of aliphatic imine (C=N–C) groups is 1. The lowest BCUT2D eigenvalue weighted by Crippen LogP contribution is -2.42. The highest BCUT2D eigenvalue weighted by molar-refractivity contribution is 14.0. The third-order valence-corrected chi connectivity index (χ3v) is 3.80. The first-order valence-electron chi connectivity index (χ1n) is 7.93. The minimum atomic E-state index is 0. The van der Waals surface area contributed by atoms with Crippen molar-refractivity contribution >= 4 is 29.9 Å². The van der Waals surface area contributed by atoms with E-state index in [1.165, 1.54) is 5.56 Å². The van der Waals surface area contributed by atoms with E-state index in [1.54, 1.807) is 0 Å². The molecule has 23 heavy (non-hydrogen) atoms. The molecular formula is C17H24IN3O2. The van der Waals surface area contributed by atoms with E-state index in [4.69, 9.17) is 9.47 Å². The number of fused-ring (bicyclic) bond motifs is 1. The normalized spacial score (nSPS) is 16.3. The van der Waals surface area contributed by atoms with Crippen LogP contribution in [0.15, 0.2) is 35.3 Å². The summed E-state index contributed by atoms with van der Waals surface area (Å²) in [7, 11) is 0. The van der Waals surface area contributed by atoms with Crippen LogP contribution in [0.4, 0.5) is 0 Å². The summed E-state index contributed by atoms with van der Waals surface area (Å²) in [6.45, 7) is 4.02. The van der Waals surface area contributed by atoms with Gasteiger partial charge in [0.2, 0.25) is 6.79 Å². The summed E-state index contributed by atoms with van der Waals surface area (Å²) >= 11 is 0. The summed E-state index contributed by atoms with van der Waals surface area (Å²) in [5, 5.41) is 6.78. The van der Waals surface area contributed by atoms with Crippen LogP contribution in [0.25, 0.3) is 0 Å². The van der Waals surface area contributed by atoms with Crippen molar-refractivity contribution in [2.24, 2.45) is 4.99 Å². The van der Waals surface area contributed by atoms with Gasteiger partial charge in [-0.2, -0.15) is 0 Å². The molecule has 0 atom stereocenters. The number of rotatable bonds is 5. The summed E-state index contributed by atoms with van der Waals surface area (Å²) in [6, 6.07) is 6.56. The van der Waals surface area contributed by atoms with Crippen molar-refractivity contribution < 1.29 is 9.47 Å². The lowest BCUT2D eigenvalue weighted by Gasteiger charge is -2.16. The molecule has 0 unspecified atom stereocenters. The van der Waals surface area contributed by atoms with Gasteiger partial charge in [0.25, 0.3) is 0 Å². The minimum absolute atomic E-state index is 0. The van der Waals surface area contributed by atoms with Gasteiger partial charge in [0.05, 0.1) is 0 Å². The number of benzene rings is 1. The SMILES string of the molecule is CCNC(=NCCc1ccc2c(c1)OCO2)NC1CC=CC1.I. The van der Waals surface area contributed by atoms with Crippen LogP contribution in [0.1, 0.15) is 25.3 Å². The van der Waals surface area contributed by atoms with Gasteiger partial charge >= 0.3 is 0 Å². The Hall–Kier alpha value is -1.44. The van der Waals surface area contributed by atoms with Gasteiger partial charge < -0.3 is 20.1 Å². The molecule has 0 amide bonds. The number of halogens is 1. The molecular weight excluding hydrogens is 405 g/mol. The predicted molar refractivity (Wildman–Crippen MR) is 103 cm³/mol. The quantitative estimate of drug-likeness (QED) is 0.327. The summed E-state index contributed by atoms with van der Waals surface area (Å²) < 4.78 is 10.7. The fraction of sp³-hybridized carbons (Fsp3) is 0.471. The van der Waals surface area contributed by atoms with Crippen molar-refractivity contribution in [2.75, 3.05) is 19.9 Å². The van der Waals surface area contributed by atoms with Gasteiger partial charge in [0.1, 0.15) is 0 Å². The molecule has 6 heteroatoms. The highest BCUT2D eigenvalue weighted by atomic mass is 127. The molecule has 3 rings (SSSR count). The summed E-state index contributed by atoms with van der Waals surface area (Å²) in [5.74, 6) is 2.57. The minimum Gasteiger partial charge on any atom is -0.454 e. The van der Waals surface area contributed by atoms with Crippen LogP contribution in [0.3, 0.4) is 0 Å². The zero-order valence-corrected chi connectivity index (χ0v) is 15.7. The van der Waals surface area contributed by atoms with Crippen LogP contribution in [0.5, 0.6) is 11.5 Å². The third kappa shape index (κ3) is 5.02. The van der Waals surface area contributed by atoms with Crippen LogP contribution >= 0.6 is 24.0 Å². The van der Waals surface area contributed by atoms with E-state index in [0.29, 0.717) is 12.8 Å². The van der Waals surface area contributed by atoms with E-state index < -0.39 is 0 Å². The highest BCUT2D eigenvalue weighted by Gasteiger charge is 2.13. The molecule has 1 aliphatic carbocycles. The van der Waals surface area contributed by atoms with Crippen LogP contribution in [-0.2, 0) is 6.42 Å². The summed E-state index contributed by atoms with van der Waals surface area (Å²) in [5.41, 5.74) is 1.21. The van der Waals surface area contributed by atoms with Crippen LogP contribution in [-0.4, -0.2) is 31.9 Å². The molecule has 0 radical (unpaired) electrons. The Labute approximate surface area is 154 Å². The molecule has 0 fully saturated rings. The number of ether oxygens (including phenoxy) is 2. The first kappa shape index (κ1) is 17.9. The number of hydrogen-bond acceptors (Lipinski definition) is 3. The molecule has 1 aliphatic heterocycles. The van der Waals surface area contributed by atoms with E-state index in [2.05, 4.69) is 40.8 Å². The standard InChI is InChI=1S/C17H23N3O2.HI/c1-2-18-17(20-14-5-3-4-6-14)19-10-9-13-7-8-15-16(11-13)22-12-21-15;/h3-4,7-8,11,14H,2,5-6,9-10,12H2,1H3,(H2,18,19,20);1H. The van der Waals surface area contributed by atoms with Crippen molar-refractivity contribution in [3.8, 4) is 11.5 Å². The zero-order valence-electron chi connectivity index (χ0n) is 13.4. The van der Waals surface area contributed by atoms with E-state index in [9.17, 15) is 0 Å². The Kier molecular flexibility index (Phi) is 7.01. The smallest absolute Gasteiger partial charge is 0.231 e. The molecule has 0 saturated carbocycles. The number of nitrogens with zero attached hydrogens (tertiary/aromatic N) is 1. The van der Waals surface area contributed by atoms with Crippen molar-refractivity contribution in [1.29, 1.82) is 0 Å². The summed E-state index contributed by atoms with van der Waals surface area (Å²) in [6.07, 6.45) is 7.47. The Bertz CT molecular complexity index is 567. The lowest BCUT2D eigenvalue weighted by molar-refractivity contribution is 0.174. The second-order valence-corrected chi connectivity index (χ2v) is 5.48.